The second-order valence-corrected chi connectivity index (χ2v) is 12.1. The first-order valence-electron chi connectivity index (χ1n) is 11.9. The van der Waals surface area contributed by atoms with Crippen LogP contribution in [0.3, 0.4) is 0 Å². The Morgan fingerprint density at radius 2 is 1.69 bits per heavy atom. The molecule has 0 spiro atoms. The number of aromatic nitrogens is 3. The highest BCUT2D eigenvalue weighted by atomic mass is 32.2. The molecule has 5 rings (SSSR count). The van der Waals surface area contributed by atoms with E-state index in [0.717, 1.165) is 48.8 Å². The molecule has 3 heterocycles. The summed E-state index contributed by atoms with van der Waals surface area (Å²) in [5.74, 6) is 0.478. The maximum Gasteiger partial charge on any atom is 0.237 e. The number of hydrogen-bond donors (Lipinski definition) is 2. The van der Waals surface area contributed by atoms with Crippen LogP contribution in [0.5, 0.6) is 0 Å². The van der Waals surface area contributed by atoms with Crippen molar-refractivity contribution >= 4 is 44.1 Å². The van der Waals surface area contributed by atoms with Crippen molar-refractivity contribution in [3.63, 3.8) is 0 Å². The zero-order valence-corrected chi connectivity index (χ0v) is 21.4. The van der Waals surface area contributed by atoms with Crippen molar-refractivity contribution in [2.75, 3.05) is 41.2 Å². The molecule has 2 aromatic carbocycles. The summed E-state index contributed by atoms with van der Waals surface area (Å²) in [5.41, 5.74) is 4.06. The van der Waals surface area contributed by atoms with Gasteiger partial charge in [-0.15, -0.1) is 0 Å². The molecule has 1 aliphatic heterocycles. The Balaban J connectivity index is 1.38. The van der Waals surface area contributed by atoms with Gasteiger partial charge in [0.1, 0.15) is 5.65 Å². The first-order chi connectivity index (χ1) is 17.2. The smallest absolute Gasteiger partial charge is 0.237 e. The number of anilines is 4. The minimum atomic E-state index is -3.53. The lowest BCUT2D eigenvalue weighted by molar-refractivity contribution is 0.122. The van der Waals surface area contributed by atoms with Crippen LogP contribution in [0, 0.1) is 0 Å². The van der Waals surface area contributed by atoms with Crippen molar-refractivity contribution in [3.8, 4) is 5.69 Å². The lowest BCUT2D eigenvalue weighted by Gasteiger charge is -2.28. The molecule has 0 radical (unpaired) electrons. The highest BCUT2D eigenvalue weighted by Crippen LogP contribution is 2.26. The molecule has 0 saturated carbocycles. The van der Waals surface area contributed by atoms with Crippen molar-refractivity contribution in [1.29, 1.82) is 0 Å². The fraction of sp³-hybridized carbons (Fsp3) is 0.308. The number of benzene rings is 2. The molecule has 0 atom stereocenters. The van der Waals surface area contributed by atoms with Crippen LogP contribution >= 0.6 is 0 Å². The van der Waals surface area contributed by atoms with Crippen LogP contribution in [0.1, 0.15) is 20.8 Å². The first-order valence-corrected chi connectivity index (χ1v) is 13.3. The minimum absolute atomic E-state index is 0.478. The van der Waals surface area contributed by atoms with E-state index < -0.39 is 14.8 Å². The van der Waals surface area contributed by atoms with Gasteiger partial charge in [0.25, 0.3) is 0 Å². The molecular weight excluding hydrogens is 476 g/mol. The van der Waals surface area contributed by atoms with Crippen molar-refractivity contribution < 1.29 is 13.2 Å². The monoisotopic (exact) mass is 506 g/mol. The van der Waals surface area contributed by atoms with Gasteiger partial charge in [0.2, 0.25) is 16.0 Å². The van der Waals surface area contributed by atoms with Crippen molar-refractivity contribution in [1.82, 2.24) is 14.5 Å². The van der Waals surface area contributed by atoms with Crippen molar-refractivity contribution in [3.05, 3.63) is 67.0 Å². The molecule has 10 heteroatoms. The van der Waals surface area contributed by atoms with E-state index in [0.29, 0.717) is 17.3 Å². The van der Waals surface area contributed by atoms with E-state index in [1.165, 1.54) is 0 Å². The summed E-state index contributed by atoms with van der Waals surface area (Å²) in [4.78, 5) is 11.5. The van der Waals surface area contributed by atoms with Crippen LogP contribution in [-0.4, -0.2) is 54.0 Å². The van der Waals surface area contributed by atoms with Crippen molar-refractivity contribution in [2.45, 2.75) is 25.5 Å². The molecule has 2 N–H and O–H groups in total. The Bertz CT molecular complexity index is 1470. The Hall–Kier alpha value is -3.63. The second-order valence-electron chi connectivity index (χ2n) is 9.70. The topological polar surface area (TPSA) is 101 Å². The molecule has 36 heavy (non-hydrogen) atoms. The molecule has 0 unspecified atom stereocenters. The molecule has 9 nitrogen and oxygen atoms in total. The number of ether oxygens (including phenoxy) is 1. The van der Waals surface area contributed by atoms with Gasteiger partial charge >= 0.3 is 0 Å². The molecule has 1 fully saturated rings. The van der Waals surface area contributed by atoms with Gasteiger partial charge in [-0.3, -0.25) is 4.72 Å². The van der Waals surface area contributed by atoms with Gasteiger partial charge in [-0.1, -0.05) is 6.07 Å². The van der Waals surface area contributed by atoms with Gasteiger partial charge < -0.3 is 19.5 Å². The fourth-order valence-corrected chi connectivity index (χ4v) is 4.66. The normalized spacial score (nSPS) is 14.7. The third kappa shape index (κ3) is 5.00. The molecule has 0 amide bonds. The predicted molar refractivity (Wildman–Crippen MR) is 144 cm³/mol. The van der Waals surface area contributed by atoms with Crippen LogP contribution in [0.15, 0.2) is 67.0 Å². The highest BCUT2D eigenvalue weighted by molar-refractivity contribution is 7.94. The summed E-state index contributed by atoms with van der Waals surface area (Å²) in [6, 6.07) is 17.4. The van der Waals surface area contributed by atoms with Crippen molar-refractivity contribution in [2.24, 2.45) is 0 Å². The number of fused-ring (bicyclic) bond motifs is 1. The summed E-state index contributed by atoms with van der Waals surface area (Å²) < 4.78 is 34.3. The maximum atomic E-state index is 12.6. The zero-order chi connectivity index (χ0) is 25.3. The third-order valence-corrected chi connectivity index (χ3v) is 8.23. The van der Waals surface area contributed by atoms with Crippen LogP contribution < -0.4 is 14.9 Å². The van der Waals surface area contributed by atoms with E-state index in [2.05, 4.69) is 32.1 Å². The lowest BCUT2D eigenvalue weighted by atomic mass is 10.2. The molecule has 1 aliphatic rings. The third-order valence-electron chi connectivity index (χ3n) is 6.11. The number of nitrogens with one attached hydrogen (secondary N) is 2. The average Bonchev–Trinajstić information content (AvgIpc) is 3.28. The van der Waals surface area contributed by atoms with Gasteiger partial charge in [0.05, 0.1) is 23.6 Å². The van der Waals surface area contributed by atoms with Gasteiger partial charge in [0.15, 0.2) is 0 Å². The maximum absolute atomic E-state index is 12.6. The number of rotatable bonds is 6. The molecule has 0 aliphatic carbocycles. The Morgan fingerprint density at radius 1 is 0.944 bits per heavy atom. The molecule has 188 valence electrons. The molecule has 2 aromatic heterocycles. The fourth-order valence-electron chi connectivity index (χ4n) is 3.92. The van der Waals surface area contributed by atoms with Crippen LogP contribution in [-0.2, 0) is 14.8 Å². The van der Waals surface area contributed by atoms with E-state index in [9.17, 15) is 8.42 Å². The van der Waals surface area contributed by atoms with E-state index in [1.54, 1.807) is 39.1 Å². The number of hydrogen-bond acceptors (Lipinski definition) is 7. The summed E-state index contributed by atoms with van der Waals surface area (Å²) >= 11 is 0. The first kappa shape index (κ1) is 24.1. The Morgan fingerprint density at radius 3 is 2.42 bits per heavy atom. The summed E-state index contributed by atoms with van der Waals surface area (Å²) in [7, 11) is -3.53. The van der Waals surface area contributed by atoms with E-state index >= 15 is 0 Å². The summed E-state index contributed by atoms with van der Waals surface area (Å²) in [6.45, 7) is 8.28. The summed E-state index contributed by atoms with van der Waals surface area (Å²) in [6.07, 6.45) is 3.67. The van der Waals surface area contributed by atoms with Crippen LogP contribution in [0.25, 0.3) is 16.7 Å². The summed E-state index contributed by atoms with van der Waals surface area (Å²) in [5, 5.41) is 4.16. The molecule has 1 saturated heterocycles. The van der Waals surface area contributed by atoms with Gasteiger partial charge in [0, 0.05) is 47.9 Å². The quantitative estimate of drug-likeness (QED) is 0.396. The average molecular weight is 507 g/mol. The largest absolute Gasteiger partial charge is 0.378 e. The van der Waals surface area contributed by atoms with Gasteiger partial charge in [-0.25, -0.2) is 13.4 Å². The predicted octanol–water partition coefficient (Wildman–Crippen LogP) is 4.54. The SMILES string of the molecule is CC(C)(C)S(=O)(=O)Nc1cccc(-n2ccc3cnc(Nc4ccc(N5CCOCC5)cc4)nc32)c1. The van der Waals surface area contributed by atoms with Crippen LogP contribution in [0.2, 0.25) is 0 Å². The van der Waals surface area contributed by atoms with E-state index in [1.807, 2.05) is 41.1 Å². The Kier molecular flexibility index (Phi) is 6.31. The minimum Gasteiger partial charge on any atom is -0.378 e. The molecular formula is C26H30N6O3S. The Labute approximate surface area is 211 Å². The molecule has 0 bridgehead atoms. The standard InChI is InChI=1S/C26H30N6O3S/c1-26(2,3)36(33,34)30-21-5-4-6-23(17-21)32-12-11-19-18-27-25(29-24(19)32)28-20-7-9-22(10-8-20)31-13-15-35-16-14-31/h4-12,17-18,30H,13-16H2,1-3H3,(H,27,28,29). The van der Waals surface area contributed by atoms with Gasteiger partial charge in [-0.05, 0) is 69.3 Å². The van der Waals surface area contributed by atoms with E-state index in [-0.39, 0.29) is 0 Å². The van der Waals surface area contributed by atoms with Gasteiger partial charge in [-0.2, -0.15) is 4.98 Å². The lowest BCUT2D eigenvalue weighted by Crippen LogP contribution is -2.36. The van der Waals surface area contributed by atoms with Crippen LogP contribution in [0.4, 0.5) is 23.0 Å². The number of sulfonamides is 1. The number of nitrogens with zero attached hydrogens (tertiary/aromatic N) is 4. The number of morpholine rings is 1. The zero-order valence-electron chi connectivity index (χ0n) is 20.6. The molecule has 4 aromatic rings. The van der Waals surface area contributed by atoms with E-state index in [4.69, 9.17) is 9.72 Å². The second kappa shape index (κ2) is 9.44. The highest BCUT2D eigenvalue weighted by Gasteiger charge is 2.29.